The molecule has 0 nitrogen and oxygen atoms in total. The van der Waals surface area contributed by atoms with Crippen LogP contribution in [0.5, 0.6) is 0 Å². The van der Waals surface area contributed by atoms with Gasteiger partial charge in [-0.05, 0) is 0 Å². The van der Waals surface area contributed by atoms with E-state index in [1.165, 1.54) is 76.9 Å². The molecule has 0 radical (unpaired) electrons. The van der Waals surface area contributed by atoms with Crippen molar-refractivity contribution in [1.29, 1.82) is 0 Å². The summed E-state index contributed by atoms with van der Waals surface area (Å²) in [5, 5.41) is 0. The first-order valence-corrected chi connectivity index (χ1v) is 22.2. The Morgan fingerprint density at radius 1 is 0.510 bits per heavy atom. The van der Waals surface area contributed by atoms with E-state index >= 15 is 0 Å². The van der Waals surface area contributed by atoms with Crippen molar-refractivity contribution in [1.82, 2.24) is 0 Å². The van der Waals surface area contributed by atoms with Gasteiger partial charge in [0.2, 0.25) is 0 Å². The van der Waals surface area contributed by atoms with Gasteiger partial charge < -0.3 is 24.8 Å². The number of benzene rings is 4. The predicted octanol–water partition coefficient (Wildman–Crippen LogP) is 7.65. The van der Waals surface area contributed by atoms with Crippen LogP contribution >= 0.6 is 22.7 Å². The van der Waals surface area contributed by atoms with Crippen LogP contribution in [0.2, 0.25) is 0 Å². The van der Waals surface area contributed by atoms with Gasteiger partial charge in [0.05, 0.1) is 0 Å². The van der Waals surface area contributed by atoms with Gasteiger partial charge in [-0.3, -0.25) is 0 Å². The van der Waals surface area contributed by atoms with Gasteiger partial charge in [-0.1, -0.05) is 0 Å². The standard InChI is InChI=1S/2C23H21S.2ClH.Zr/c2*1-3-5-17-9-11-18(12-10-17)21-7-4-6-19-14-20(15-22(19)21)23-13-8-16(2)24-23;;;/h2*4,6-15H,3,5H2,1-2H3;2*1H;/q;;;;+2/p-2. The van der Waals surface area contributed by atoms with Crippen LogP contribution in [-0.2, 0) is 36.1 Å². The summed E-state index contributed by atoms with van der Waals surface area (Å²) in [7, 11) is 0. The molecule has 2 heterocycles. The summed E-state index contributed by atoms with van der Waals surface area (Å²) >= 11 is 2.76. The maximum atomic E-state index is 2.57. The fraction of sp³-hybridized carbons (Fsp3) is 0.217. The van der Waals surface area contributed by atoms with Gasteiger partial charge in [-0.2, -0.15) is 0 Å². The minimum absolute atomic E-state index is 0. The molecule has 2 aliphatic carbocycles. The molecule has 2 atom stereocenters. The van der Waals surface area contributed by atoms with Crippen LogP contribution in [0.4, 0.5) is 0 Å². The fourth-order valence-electron chi connectivity index (χ4n) is 7.72. The van der Waals surface area contributed by atoms with Crippen molar-refractivity contribution in [2.45, 2.75) is 60.6 Å². The second-order valence-electron chi connectivity index (χ2n) is 13.6. The predicted molar refractivity (Wildman–Crippen MR) is 211 cm³/mol. The van der Waals surface area contributed by atoms with Crippen LogP contribution in [0.1, 0.15) is 86.8 Å². The Labute approximate surface area is 336 Å². The zero-order valence-electron chi connectivity index (χ0n) is 29.6. The number of allylic oxidation sites excluding steroid dienone is 2. The number of hydrogen-bond acceptors (Lipinski definition) is 2. The molecule has 5 heteroatoms. The van der Waals surface area contributed by atoms with E-state index in [0.717, 1.165) is 12.8 Å². The molecule has 0 spiro atoms. The second kappa shape index (κ2) is 16.5. The van der Waals surface area contributed by atoms with Gasteiger partial charge in [0.1, 0.15) is 0 Å². The van der Waals surface area contributed by atoms with E-state index in [2.05, 4.69) is 149 Å². The number of fused-ring (bicyclic) bond motifs is 2. The average molecular weight is 821 g/mol. The summed E-state index contributed by atoms with van der Waals surface area (Å²) in [5.74, 6) is 0. The molecule has 51 heavy (non-hydrogen) atoms. The Morgan fingerprint density at radius 3 is 1.27 bits per heavy atom. The largest absolute Gasteiger partial charge is 1.00 e. The third-order valence-corrected chi connectivity index (χ3v) is 16.9. The smallest absolute Gasteiger partial charge is 1.00 e. The molecule has 0 aliphatic heterocycles. The molecule has 0 amide bonds. The maximum absolute atomic E-state index is 2.57. The molecule has 6 aromatic rings. The summed E-state index contributed by atoms with van der Waals surface area (Å²) < 4.78 is 0.960. The SMILES string of the molecule is CCCc1ccc(-c2cccc3c2C=C(c2ccc(C)s2)[CH]3[Zr+2][CH]2C(c3ccc(C)s3)=Cc3c(-c4ccc(CCC)cc4)cccc32)cc1.[Cl-].[Cl-]. The van der Waals surface area contributed by atoms with Crippen molar-refractivity contribution in [2.75, 3.05) is 0 Å². The van der Waals surface area contributed by atoms with Gasteiger partial charge in [0.25, 0.3) is 0 Å². The van der Waals surface area contributed by atoms with E-state index in [-0.39, 0.29) is 24.8 Å². The first-order valence-electron chi connectivity index (χ1n) is 17.8. The Bertz CT molecular complexity index is 2040. The van der Waals surface area contributed by atoms with Crippen molar-refractivity contribution < 1.29 is 48.0 Å². The zero-order chi connectivity index (χ0) is 33.5. The average Bonchev–Trinajstić information content (AvgIpc) is 3.91. The Morgan fingerprint density at radius 2 is 0.922 bits per heavy atom. The summed E-state index contributed by atoms with van der Waals surface area (Å²) in [5.41, 5.74) is 17.3. The van der Waals surface area contributed by atoms with Crippen molar-refractivity contribution in [3.63, 3.8) is 0 Å². The van der Waals surface area contributed by atoms with Crippen LogP contribution in [0.25, 0.3) is 45.6 Å². The maximum Gasteiger partial charge on any atom is -1.00 e. The molecule has 256 valence electrons. The molecule has 0 N–H and O–H groups in total. The third-order valence-electron chi connectivity index (χ3n) is 10.1. The Kier molecular flexibility index (Phi) is 12.3. The van der Waals surface area contributed by atoms with E-state index < -0.39 is 23.2 Å². The number of thiophene rings is 2. The molecular weight excluding hydrogens is 779 g/mol. The minimum Gasteiger partial charge on any atom is -1.00 e. The molecule has 0 bridgehead atoms. The summed E-state index contributed by atoms with van der Waals surface area (Å²) in [4.78, 5) is 5.66. The number of aryl methyl sites for hydroxylation is 4. The molecule has 2 aliphatic rings. The van der Waals surface area contributed by atoms with Gasteiger partial charge in [-0.25, -0.2) is 0 Å². The second-order valence-corrected chi connectivity index (χ2v) is 19.8. The zero-order valence-corrected chi connectivity index (χ0v) is 35.2. The number of rotatable bonds is 10. The molecule has 0 fully saturated rings. The van der Waals surface area contributed by atoms with Crippen molar-refractivity contribution in [3.8, 4) is 22.3 Å². The monoisotopic (exact) mass is 818 g/mol. The van der Waals surface area contributed by atoms with Crippen LogP contribution < -0.4 is 24.8 Å². The normalized spacial score (nSPS) is 15.6. The van der Waals surface area contributed by atoms with E-state index in [0.29, 0.717) is 7.25 Å². The van der Waals surface area contributed by atoms with Crippen LogP contribution in [-0.4, -0.2) is 0 Å². The molecular formula is C46H42Cl2S2Zr. The van der Waals surface area contributed by atoms with Gasteiger partial charge in [0, 0.05) is 0 Å². The van der Waals surface area contributed by atoms with E-state index in [9.17, 15) is 0 Å². The molecule has 0 saturated heterocycles. The van der Waals surface area contributed by atoms with Crippen LogP contribution in [0.3, 0.4) is 0 Å². The van der Waals surface area contributed by atoms with Crippen LogP contribution in [0.15, 0.2) is 109 Å². The topological polar surface area (TPSA) is 0 Å². The van der Waals surface area contributed by atoms with E-state index in [1.807, 2.05) is 22.7 Å². The molecule has 8 rings (SSSR count). The first-order chi connectivity index (χ1) is 24.0. The first kappa shape index (κ1) is 38.0. The van der Waals surface area contributed by atoms with Crippen molar-refractivity contribution in [2.24, 2.45) is 0 Å². The molecule has 4 aromatic carbocycles. The van der Waals surface area contributed by atoms with E-state index in [1.54, 1.807) is 22.3 Å². The van der Waals surface area contributed by atoms with Gasteiger partial charge in [0.15, 0.2) is 0 Å². The molecule has 0 saturated carbocycles. The Hall–Kier alpha value is -2.78. The summed E-state index contributed by atoms with van der Waals surface area (Å²) in [6.45, 7) is 9.02. The Balaban J connectivity index is 0.00000224. The van der Waals surface area contributed by atoms with Gasteiger partial charge >= 0.3 is 314 Å². The number of halogens is 2. The van der Waals surface area contributed by atoms with Crippen molar-refractivity contribution >= 4 is 46.0 Å². The summed E-state index contributed by atoms with van der Waals surface area (Å²) in [6, 6.07) is 42.3. The third kappa shape index (κ3) is 7.53. The number of hydrogen-bond donors (Lipinski definition) is 0. The minimum atomic E-state index is -1.16. The quantitative estimate of drug-likeness (QED) is 0.133. The van der Waals surface area contributed by atoms with Gasteiger partial charge in [-0.15, -0.1) is 0 Å². The van der Waals surface area contributed by atoms with Crippen LogP contribution in [0, 0.1) is 13.8 Å². The molecule has 2 unspecified atom stereocenters. The fourth-order valence-corrected chi connectivity index (χ4v) is 15.1. The van der Waals surface area contributed by atoms with E-state index in [4.69, 9.17) is 0 Å². The molecule has 2 aromatic heterocycles. The summed E-state index contributed by atoms with van der Waals surface area (Å²) in [6.07, 6.45) is 9.78. The van der Waals surface area contributed by atoms with Crippen molar-refractivity contribution in [3.05, 3.63) is 162 Å².